The van der Waals surface area contributed by atoms with Crippen LogP contribution in [0.2, 0.25) is 0 Å². The summed E-state index contributed by atoms with van der Waals surface area (Å²) in [5, 5.41) is 15.4. The number of aryl methyl sites for hydroxylation is 1. The fourth-order valence-corrected chi connectivity index (χ4v) is 2.84. The average Bonchev–Trinajstić information content (AvgIpc) is 2.71. The zero-order chi connectivity index (χ0) is 21.3. The van der Waals surface area contributed by atoms with Crippen LogP contribution in [0.4, 0.5) is 27.5 Å². The Morgan fingerprint density at radius 3 is 2.67 bits per heavy atom. The molecule has 0 saturated heterocycles. The lowest BCUT2D eigenvalue weighted by Crippen LogP contribution is -2.04. The predicted molar refractivity (Wildman–Crippen MR) is 113 cm³/mol. The van der Waals surface area contributed by atoms with Crippen LogP contribution in [0.1, 0.15) is 25.3 Å². The standard InChI is InChI=1S/C22H23FN4O3/c1-2-30-20(29)11-4-7-15-6-3-8-16(12-15)26-22-24-14-19(23)21(27-22)25-17-9-5-10-18(28)13-17/h3,5-6,8-10,12-14,28H,2,4,7,11H2,1H3,(H2,24,25,26,27). The first-order chi connectivity index (χ1) is 14.5. The van der Waals surface area contributed by atoms with E-state index in [0.29, 0.717) is 25.1 Å². The molecule has 0 fully saturated rings. The van der Waals surface area contributed by atoms with Gasteiger partial charge in [0.1, 0.15) is 5.75 Å². The van der Waals surface area contributed by atoms with Gasteiger partial charge in [0.05, 0.1) is 12.8 Å². The highest BCUT2D eigenvalue weighted by Crippen LogP contribution is 2.23. The van der Waals surface area contributed by atoms with E-state index in [1.165, 1.54) is 12.1 Å². The molecule has 0 radical (unpaired) electrons. The Labute approximate surface area is 174 Å². The fourth-order valence-electron chi connectivity index (χ4n) is 2.84. The van der Waals surface area contributed by atoms with Crippen molar-refractivity contribution >= 4 is 29.1 Å². The van der Waals surface area contributed by atoms with E-state index < -0.39 is 5.82 Å². The van der Waals surface area contributed by atoms with E-state index in [2.05, 4.69) is 20.6 Å². The second-order valence-electron chi connectivity index (χ2n) is 6.55. The molecule has 0 atom stereocenters. The molecule has 0 aliphatic rings. The number of benzene rings is 2. The molecule has 30 heavy (non-hydrogen) atoms. The smallest absolute Gasteiger partial charge is 0.305 e. The van der Waals surface area contributed by atoms with E-state index in [9.17, 15) is 14.3 Å². The number of nitrogens with one attached hydrogen (secondary N) is 2. The Balaban J connectivity index is 1.65. The highest BCUT2D eigenvalue weighted by atomic mass is 19.1. The third kappa shape index (κ3) is 6.16. The summed E-state index contributed by atoms with van der Waals surface area (Å²) in [6, 6.07) is 14.0. The minimum atomic E-state index is -0.614. The minimum absolute atomic E-state index is 0.0105. The van der Waals surface area contributed by atoms with Crippen LogP contribution in [-0.2, 0) is 16.0 Å². The number of aromatic nitrogens is 2. The number of rotatable bonds is 9. The number of aromatic hydroxyl groups is 1. The summed E-state index contributed by atoms with van der Waals surface area (Å²) in [4.78, 5) is 19.6. The molecule has 1 aromatic heterocycles. The first-order valence-corrected chi connectivity index (χ1v) is 9.63. The number of nitrogens with zero attached hydrogens (tertiary/aromatic N) is 2. The number of hydrogen-bond donors (Lipinski definition) is 3. The predicted octanol–water partition coefficient (Wildman–Crippen LogP) is 4.69. The maximum atomic E-state index is 14.1. The summed E-state index contributed by atoms with van der Waals surface area (Å²) in [6.07, 6.45) is 2.86. The molecule has 2 aromatic carbocycles. The van der Waals surface area contributed by atoms with Gasteiger partial charge in [-0.2, -0.15) is 4.98 Å². The van der Waals surface area contributed by atoms with Gasteiger partial charge in [-0.25, -0.2) is 9.37 Å². The largest absolute Gasteiger partial charge is 0.508 e. The summed E-state index contributed by atoms with van der Waals surface area (Å²) < 4.78 is 19.0. The lowest BCUT2D eigenvalue weighted by Gasteiger charge is -2.10. The van der Waals surface area contributed by atoms with Gasteiger partial charge in [0.2, 0.25) is 5.95 Å². The Morgan fingerprint density at radius 1 is 1.13 bits per heavy atom. The van der Waals surface area contributed by atoms with Gasteiger partial charge >= 0.3 is 5.97 Å². The quantitative estimate of drug-likeness (QED) is 0.440. The Hall–Kier alpha value is -3.68. The van der Waals surface area contributed by atoms with Crippen molar-refractivity contribution in [3.63, 3.8) is 0 Å². The number of halogens is 1. The number of carbonyl (C=O) groups excluding carboxylic acids is 1. The van der Waals surface area contributed by atoms with Gasteiger partial charge in [0.25, 0.3) is 0 Å². The van der Waals surface area contributed by atoms with Gasteiger partial charge in [-0.3, -0.25) is 4.79 Å². The van der Waals surface area contributed by atoms with Crippen LogP contribution in [0.5, 0.6) is 5.75 Å². The van der Waals surface area contributed by atoms with E-state index in [0.717, 1.165) is 23.9 Å². The highest BCUT2D eigenvalue weighted by molar-refractivity contribution is 5.69. The number of ether oxygens (including phenoxy) is 1. The topological polar surface area (TPSA) is 96.4 Å². The van der Waals surface area contributed by atoms with Gasteiger partial charge < -0.3 is 20.5 Å². The van der Waals surface area contributed by atoms with Crippen molar-refractivity contribution in [3.05, 3.63) is 66.1 Å². The van der Waals surface area contributed by atoms with Crippen LogP contribution >= 0.6 is 0 Å². The van der Waals surface area contributed by atoms with E-state index >= 15 is 0 Å². The van der Waals surface area contributed by atoms with Crippen molar-refractivity contribution in [2.45, 2.75) is 26.2 Å². The third-order valence-corrected chi connectivity index (χ3v) is 4.19. The first kappa shape index (κ1) is 21.0. The maximum Gasteiger partial charge on any atom is 0.305 e. The molecule has 0 saturated carbocycles. The van der Waals surface area contributed by atoms with Crippen LogP contribution in [0.15, 0.2) is 54.7 Å². The third-order valence-electron chi connectivity index (χ3n) is 4.19. The number of carbonyl (C=O) groups is 1. The van der Waals surface area contributed by atoms with Crippen molar-refractivity contribution < 1.29 is 19.0 Å². The molecule has 0 bridgehead atoms. The number of esters is 1. The van der Waals surface area contributed by atoms with Gasteiger partial charge in [0.15, 0.2) is 11.6 Å². The van der Waals surface area contributed by atoms with Crippen LogP contribution in [0.3, 0.4) is 0 Å². The molecule has 0 spiro atoms. The average molecular weight is 410 g/mol. The van der Waals surface area contributed by atoms with Crippen molar-refractivity contribution in [2.24, 2.45) is 0 Å². The summed E-state index contributed by atoms with van der Waals surface area (Å²) in [7, 11) is 0. The SMILES string of the molecule is CCOC(=O)CCCc1cccc(Nc2ncc(F)c(Nc3cccc(O)c3)n2)c1. The molecule has 3 aromatic rings. The summed E-state index contributed by atoms with van der Waals surface area (Å²) in [5.41, 5.74) is 2.30. The van der Waals surface area contributed by atoms with Gasteiger partial charge in [0, 0.05) is 23.9 Å². The lowest BCUT2D eigenvalue weighted by molar-refractivity contribution is -0.143. The number of anilines is 4. The Kier molecular flexibility index (Phi) is 7.15. The van der Waals surface area contributed by atoms with E-state index in [-0.39, 0.29) is 23.5 Å². The second kappa shape index (κ2) is 10.2. The van der Waals surface area contributed by atoms with Crippen molar-refractivity contribution in [2.75, 3.05) is 17.2 Å². The molecule has 156 valence electrons. The Morgan fingerprint density at radius 2 is 1.90 bits per heavy atom. The summed E-state index contributed by atoms with van der Waals surface area (Å²) in [6.45, 7) is 2.17. The maximum absolute atomic E-state index is 14.1. The van der Waals surface area contributed by atoms with Crippen LogP contribution < -0.4 is 10.6 Å². The Bertz CT molecular complexity index is 1010. The first-order valence-electron chi connectivity index (χ1n) is 9.63. The van der Waals surface area contributed by atoms with Crippen molar-refractivity contribution in [3.8, 4) is 5.75 Å². The van der Waals surface area contributed by atoms with Crippen molar-refractivity contribution in [1.29, 1.82) is 0 Å². The van der Waals surface area contributed by atoms with Gasteiger partial charge in [-0.05, 0) is 49.6 Å². The number of phenols is 1. The molecule has 0 unspecified atom stereocenters. The van der Waals surface area contributed by atoms with Crippen LogP contribution in [-0.4, -0.2) is 27.7 Å². The van der Waals surface area contributed by atoms with Crippen molar-refractivity contribution in [1.82, 2.24) is 9.97 Å². The molecule has 7 nitrogen and oxygen atoms in total. The van der Waals surface area contributed by atoms with E-state index in [4.69, 9.17) is 4.74 Å². The fraction of sp³-hybridized carbons (Fsp3) is 0.227. The minimum Gasteiger partial charge on any atom is -0.508 e. The molecule has 1 heterocycles. The summed E-state index contributed by atoms with van der Waals surface area (Å²) in [5.74, 6) is -0.533. The van der Waals surface area contributed by atoms with Gasteiger partial charge in [-0.1, -0.05) is 18.2 Å². The lowest BCUT2D eigenvalue weighted by atomic mass is 10.1. The van der Waals surface area contributed by atoms with E-state index in [1.54, 1.807) is 19.1 Å². The van der Waals surface area contributed by atoms with E-state index in [1.807, 2.05) is 24.3 Å². The van der Waals surface area contributed by atoms with Crippen LogP contribution in [0.25, 0.3) is 0 Å². The highest BCUT2D eigenvalue weighted by Gasteiger charge is 2.09. The molecule has 0 aliphatic carbocycles. The molecule has 0 aliphatic heterocycles. The zero-order valence-electron chi connectivity index (χ0n) is 16.6. The summed E-state index contributed by atoms with van der Waals surface area (Å²) >= 11 is 0. The normalized spacial score (nSPS) is 10.5. The molecule has 3 N–H and O–H groups in total. The van der Waals surface area contributed by atoms with Crippen LogP contribution in [0, 0.1) is 5.82 Å². The molecular formula is C22H23FN4O3. The second-order valence-corrected chi connectivity index (χ2v) is 6.55. The molecule has 3 rings (SSSR count). The number of hydrogen-bond acceptors (Lipinski definition) is 7. The zero-order valence-corrected chi connectivity index (χ0v) is 16.6. The molecule has 0 amide bonds. The molecule has 8 heteroatoms. The monoisotopic (exact) mass is 410 g/mol. The van der Waals surface area contributed by atoms with Gasteiger partial charge in [-0.15, -0.1) is 0 Å². The molecular weight excluding hydrogens is 387 g/mol. The number of phenolic OH excluding ortho intramolecular Hbond substituents is 1.